The van der Waals surface area contributed by atoms with Gasteiger partial charge in [0.25, 0.3) is 0 Å². The molecule has 0 saturated heterocycles. The summed E-state index contributed by atoms with van der Waals surface area (Å²) in [6.07, 6.45) is -1.18. The fourth-order valence-corrected chi connectivity index (χ4v) is 3.59. The van der Waals surface area contributed by atoms with Crippen molar-refractivity contribution in [3.05, 3.63) is 65.2 Å². The topological polar surface area (TPSA) is 96.3 Å². The summed E-state index contributed by atoms with van der Waals surface area (Å²) in [5.41, 5.74) is 0.551. The third-order valence-corrected chi connectivity index (χ3v) is 5.22. The van der Waals surface area contributed by atoms with Crippen LogP contribution in [0.1, 0.15) is 24.9 Å². The highest BCUT2D eigenvalue weighted by atomic mass is 35.5. The van der Waals surface area contributed by atoms with E-state index in [1.165, 1.54) is 19.1 Å². The lowest BCUT2D eigenvalue weighted by Gasteiger charge is -2.19. The summed E-state index contributed by atoms with van der Waals surface area (Å²) in [6.45, 7) is 1.43. The molecule has 8 heteroatoms. The van der Waals surface area contributed by atoms with Crippen molar-refractivity contribution < 1.29 is 17.9 Å². The number of hydrogen-bond acceptors (Lipinski definition) is 5. The Morgan fingerprint density at radius 1 is 1.19 bits per heavy atom. The van der Waals surface area contributed by atoms with Crippen molar-refractivity contribution in [3.8, 4) is 6.07 Å². The molecule has 6 nitrogen and oxygen atoms in total. The van der Waals surface area contributed by atoms with E-state index in [0.717, 1.165) is 0 Å². The highest BCUT2D eigenvalue weighted by Crippen LogP contribution is 2.23. The van der Waals surface area contributed by atoms with Crippen LogP contribution in [0.2, 0.25) is 5.02 Å². The van der Waals surface area contributed by atoms with E-state index in [1.54, 1.807) is 48.5 Å². The van der Waals surface area contributed by atoms with Crippen LogP contribution in [0.3, 0.4) is 0 Å². The molecule has 0 aliphatic carbocycles. The van der Waals surface area contributed by atoms with Crippen LogP contribution in [0.4, 0.5) is 0 Å². The van der Waals surface area contributed by atoms with Crippen molar-refractivity contribution in [1.29, 1.82) is 5.26 Å². The normalized spacial score (nSPS) is 13.4. The Morgan fingerprint density at radius 2 is 1.81 bits per heavy atom. The van der Waals surface area contributed by atoms with Crippen molar-refractivity contribution in [2.75, 3.05) is 0 Å². The van der Waals surface area contributed by atoms with Gasteiger partial charge in [-0.1, -0.05) is 41.9 Å². The summed E-state index contributed by atoms with van der Waals surface area (Å²) in [5.74, 6) is -0.685. The molecular weight excluding hydrogens is 376 g/mol. The largest absolute Gasteiger partial charge is 0.447 e. The molecule has 0 unspecified atom stereocenters. The minimum absolute atomic E-state index is 0.0812. The molecule has 0 aliphatic rings. The van der Waals surface area contributed by atoms with Crippen LogP contribution >= 0.6 is 11.6 Å². The van der Waals surface area contributed by atoms with Crippen molar-refractivity contribution in [2.24, 2.45) is 0 Å². The van der Waals surface area contributed by atoms with Crippen molar-refractivity contribution in [2.45, 2.75) is 30.4 Å². The summed E-state index contributed by atoms with van der Waals surface area (Å²) in [4.78, 5) is 12.1. The molecular formula is C18H17ClN2O4S. The maximum atomic E-state index is 12.6. The molecule has 0 fully saturated rings. The fourth-order valence-electron chi connectivity index (χ4n) is 2.22. The maximum Gasteiger partial charge on any atom is 0.309 e. The van der Waals surface area contributed by atoms with Crippen molar-refractivity contribution in [3.63, 3.8) is 0 Å². The summed E-state index contributed by atoms with van der Waals surface area (Å²) in [5, 5.41) is 9.23. The van der Waals surface area contributed by atoms with E-state index in [-0.39, 0.29) is 11.3 Å². The van der Waals surface area contributed by atoms with Gasteiger partial charge in [0.2, 0.25) is 10.0 Å². The van der Waals surface area contributed by atoms with Gasteiger partial charge in [0.05, 0.1) is 17.4 Å². The Labute approximate surface area is 157 Å². The lowest BCUT2D eigenvalue weighted by Crippen LogP contribution is -2.31. The molecule has 2 aromatic carbocycles. The second-order valence-corrected chi connectivity index (χ2v) is 7.65. The zero-order valence-electron chi connectivity index (χ0n) is 13.9. The van der Waals surface area contributed by atoms with Crippen LogP contribution in [0, 0.1) is 11.3 Å². The number of benzene rings is 2. The number of carbonyl (C=O) groups is 1. The van der Waals surface area contributed by atoms with Crippen LogP contribution < -0.4 is 4.72 Å². The molecule has 0 aliphatic heterocycles. The van der Waals surface area contributed by atoms with Crippen LogP contribution in [0.15, 0.2) is 59.5 Å². The minimum Gasteiger partial charge on any atom is -0.447 e. The highest BCUT2D eigenvalue weighted by Gasteiger charge is 2.25. The number of esters is 1. The van der Waals surface area contributed by atoms with E-state index in [2.05, 4.69) is 4.72 Å². The van der Waals surface area contributed by atoms with Gasteiger partial charge in [-0.25, -0.2) is 13.1 Å². The van der Waals surface area contributed by atoms with E-state index in [4.69, 9.17) is 21.6 Å². The van der Waals surface area contributed by atoms with Gasteiger partial charge >= 0.3 is 5.97 Å². The highest BCUT2D eigenvalue weighted by molar-refractivity contribution is 7.89. The standard InChI is InChI=1S/C18H17ClN2O4S/c1-13(12-20)25-18(22)11-17(14-7-9-15(19)10-8-14)21-26(23,24)16-5-3-2-4-6-16/h2-10,13,17,21H,11H2,1H3/t13-,17-/m1/s1. The SMILES string of the molecule is C[C@H](C#N)OC(=O)C[C@@H](NS(=O)(=O)c1ccccc1)c1ccc(Cl)cc1. The first-order chi connectivity index (χ1) is 12.3. The van der Waals surface area contributed by atoms with E-state index < -0.39 is 28.1 Å². The number of rotatable bonds is 7. The number of sulfonamides is 1. The second-order valence-electron chi connectivity index (χ2n) is 5.50. The van der Waals surface area contributed by atoms with E-state index >= 15 is 0 Å². The fraction of sp³-hybridized carbons (Fsp3) is 0.222. The number of nitriles is 1. The quantitative estimate of drug-likeness (QED) is 0.730. The number of hydrogen-bond donors (Lipinski definition) is 1. The van der Waals surface area contributed by atoms with Gasteiger partial charge in [-0.3, -0.25) is 4.79 Å². The van der Waals surface area contributed by atoms with Gasteiger partial charge in [-0.15, -0.1) is 0 Å². The molecule has 0 saturated carbocycles. The number of nitrogens with one attached hydrogen (secondary N) is 1. The molecule has 0 spiro atoms. The Morgan fingerprint density at radius 3 is 2.38 bits per heavy atom. The Balaban J connectivity index is 2.27. The molecule has 26 heavy (non-hydrogen) atoms. The molecule has 1 N–H and O–H groups in total. The zero-order valence-corrected chi connectivity index (χ0v) is 15.5. The molecule has 0 amide bonds. The van der Waals surface area contributed by atoms with Gasteiger partial charge in [0.1, 0.15) is 6.07 Å². The van der Waals surface area contributed by atoms with Crippen LogP contribution in [-0.4, -0.2) is 20.5 Å². The first kappa shape index (κ1) is 19.9. The summed E-state index contributed by atoms with van der Waals surface area (Å²) < 4.78 is 32.6. The summed E-state index contributed by atoms with van der Waals surface area (Å²) >= 11 is 5.87. The molecule has 0 aromatic heterocycles. The van der Waals surface area contributed by atoms with Crippen LogP contribution in [-0.2, 0) is 19.6 Å². The third kappa shape index (κ3) is 5.56. The average Bonchev–Trinajstić information content (AvgIpc) is 2.62. The predicted octanol–water partition coefficient (Wildman–Crippen LogP) is 3.20. The van der Waals surface area contributed by atoms with E-state index in [0.29, 0.717) is 10.6 Å². The average molecular weight is 393 g/mol. The molecule has 2 rings (SSSR count). The lowest BCUT2D eigenvalue weighted by molar-refractivity contribution is -0.146. The zero-order chi connectivity index (χ0) is 19.2. The Hall–Kier alpha value is -2.40. The number of nitrogens with zero attached hydrogens (tertiary/aromatic N) is 1. The molecule has 0 radical (unpaired) electrons. The maximum absolute atomic E-state index is 12.6. The van der Waals surface area contributed by atoms with Gasteiger partial charge in [-0.2, -0.15) is 5.26 Å². The number of carbonyl (C=O) groups excluding carboxylic acids is 1. The summed E-state index contributed by atoms with van der Waals surface area (Å²) in [6, 6.07) is 15.2. The number of halogens is 1. The molecule has 0 heterocycles. The smallest absolute Gasteiger partial charge is 0.309 e. The Kier molecular flexibility index (Phi) is 6.75. The van der Waals surface area contributed by atoms with Gasteiger partial charge in [-0.05, 0) is 36.8 Å². The van der Waals surface area contributed by atoms with E-state index in [1.807, 2.05) is 0 Å². The van der Waals surface area contributed by atoms with Gasteiger partial charge in [0.15, 0.2) is 6.10 Å². The lowest BCUT2D eigenvalue weighted by atomic mass is 10.1. The summed E-state index contributed by atoms with van der Waals surface area (Å²) in [7, 11) is -3.85. The van der Waals surface area contributed by atoms with E-state index in [9.17, 15) is 13.2 Å². The second kappa shape index (κ2) is 8.81. The monoisotopic (exact) mass is 392 g/mol. The molecule has 2 atom stereocenters. The molecule has 2 aromatic rings. The van der Waals surface area contributed by atoms with Crippen LogP contribution in [0.25, 0.3) is 0 Å². The molecule has 0 bridgehead atoms. The van der Waals surface area contributed by atoms with Crippen molar-refractivity contribution >= 4 is 27.6 Å². The third-order valence-electron chi connectivity index (χ3n) is 3.48. The minimum atomic E-state index is -3.85. The number of ether oxygens (including phenoxy) is 1. The van der Waals surface area contributed by atoms with Crippen molar-refractivity contribution in [1.82, 2.24) is 4.72 Å². The first-order valence-electron chi connectivity index (χ1n) is 7.74. The van der Waals surface area contributed by atoms with Gasteiger partial charge in [0, 0.05) is 5.02 Å². The van der Waals surface area contributed by atoms with Crippen LogP contribution in [0.5, 0.6) is 0 Å². The predicted molar refractivity (Wildman–Crippen MR) is 96.7 cm³/mol. The first-order valence-corrected chi connectivity index (χ1v) is 9.60. The Bertz CT molecular complexity index is 893. The molecule has 136 valence electrons. The van der Waals surface area contributed by atoms with Gasteiger partial charge < -0.3 is 4.74 Å².